The predicted molar refractivity (Wildman–Crippen MR) is 60.9 cm³/mol. The summed E-state index contributed by atoms with van der Waals surface area (Å²) < 4.78 is 0.887. The second-order valence-corrected chi connectivity index (χ2v) is 3.80. The number of carboxylic acids is 1. The molecule has 1 aromatic carbocycles. The van der Waals surface area contributed by atoms with E-state index >= 15 is 0 Å². The molecule has 0 aliphatic carbocycles. The van der Waals surface area contributed by atoms with E-state index in [4.69, 9.17) is 5.11 Å². The SMILES string of the molecule is CN(C)C=O.O=C(O)c1ccc(Br)cc1. The van der Waals surface area contributed by atoms with Crippen molar-refractivity contribution in [2.75, 3.05) is 14.1 Å². The lowest BCUT2D eigenvalue weighted by molar-refractivity contribution is -0.115. The molecule has 0 unspecified atom stereocenters. The summed E-state index contributed by atoms with van der Waals surface area (Å²) in [7, 11) is 3.38. The molecule has 0 atom stereocenters. The van der Waals surface area contributed by atoms with Crippen molar-refractivity contribution >= 4 is 28.3 Å². The molecule has 0 aliphatic heterocycles. The molecule has 0 bridgehead atoms. The maximum Gasteiger partial charge on any atom is 0.335 e. The van der Waals surface area contributed by atoms with Gasteiger partial charge < -0.3 is 10.0 Å². The minimum absolute atomic E-state index is 0.309. The summed E-state index contributed by atoms with van der Waals surface area (Å²) in [5, 5.41) is 8.46. The van der Waals surface area contributed by atoms with Crippen LogP contribution in [0.15, 0.2) is 28.7 Å². The highest BCUT2D eigenvalue weighted by Gasteiger charge is 1.98. The Kier molecular flexibility index (Phi) is 6.37. The van der Waals surface area contributed by atoms with E-state index in [2.05, 4.69) is 15.9 Å². The minimum Gasteiger partial charge on any atom is -0.478 e. The van der Waals surface area contributed by atoms with Crippen molar-refractivity contribution in [2.45, 2.75) is 0 Å². The van der Waals surface area contributed by atoms with Crippen LogP contribution in [0.2, 0.25) is 0 Å². The number of carboxylic acid groups (broad SMARTS) is 1. The number of hydrogen-bond donors (Lipinski definition) is 1. The molecule has 82 valence electrons. The standard InChI is InChI=1S/C7H5BrO2.C3H7NO/c8-6-3-1-5(2-4-6)7(9)10;1-4(2)3-5/h1-4H,(H,9,10);3H,1-2H3. The van der Waals surface area contributed by atoms with Crippen LogP contribution in [-0.4, -0.2) is 36.5 Å². The van der Waals surface area contributed by atoms with Crippen LogP contribution in [0.3, 0.4) is 0 Å². The fourth-order valence-corrected chi connectivity index (χ4v) is 0.857. The molecule has 0 spiro atoms. The lowest BCUT2D eigenvalue weighted by Crippen LogP contribution is -2.06. The van der Waals surface area contributed by atoms with Crippen LogP contribution in [0.4, 0.5) is 0 Å². The Morgan fingerprint density at radius 1 is 1.33 bits per heavy atom. The number of halogens is 1. The normalized spacial score (nSPS) is 8.47. The van der Waals surface area contributed by atoms with E-state index < -0.39 is 5.97 Å². The first kappa shape index (κ1) is 13.6. The van der Waals surface area contributed by atoms with Gasteiger partial charge in [-0.2, -0.15) is 0 Å². The molecule has 15 heavy (non-hydrogen) atoms. The molecule has 1 amide bonds. The monoisotopic (exact) mass is 273 g/mol. The van der Waals surface area contributed by atoms with Gasteiger partial charge in [-0.25, -0.2) is 4.79 Å². The molecule has 1 aromatic rings. The van der Waals surface area contributed by atoms with Gasteiger partial charge in [0.2, 0.25) is 6.41 Å². The topological polar surface area (TPSA) is 57.6 Å². The minimum atomic E-state index is -0.896. The van der Waals surface area contributed by atoms with Crippen LogP contribution in [-0.2, 0) is 4.79 Å². The molecule has 0 saturated heterocycles. The molecular weight excluding hydrogens is 262 g/mol. The zero-order valence-corrected chi connectivity index (χ0v) is 10.1. The van der Waals surface area contributed by atoms with Crippen LogP contribution in [0.5, 0.6) is 0 Å². The van der Waals surface area contributed by atoms with E-state index in [1.807, 2.05) is 0 Å². The molecule has 5 heteroatoms. The second-order valence-electron chi connectivity index (χ2n) is 2.88. The average Bonchev–Trinajstić information content (AvgIpc) is 2.19. The first-order chi connectivity index (χ1) is 6.97. The molecular formula is C10H12BrNO3. The van der Waals surface area contributed by atoms with Gasteiger partial charge in [0.05, 0.1) is 5.56 Å². The van der Waals surface area contributed by atoms with Gasteiger partial charge in [0.1, 0.15) is 0 Å². The first-order valence-corrected chi connectivity index (χ1v) is 4.87. The summed E-state index contributed by atoms with van der Waals surface area (Å²) in [4.78, 5) is 21.2. The highest BCUT2D eigenvalue weighted by atomic mass is 79.9. The summed E-state index contributed by atoms with van der Waals surface area (Å²) in [6.07, 6.45) is 0.750. The smallest absolute Gasteiger partial charge is 0.335 e. The first-order valence-electron chi connectivity index (χ1n) is 4.08. The Balaban J connectivity index is 0.000000336. The van der Waals surface area contributed by atoms with Crippen LogP contribution in [0.1, 0.15) is 10.4 Å². The van der Waals surface area contributed by atoms with Crippen LogP contribution < -0.4 is 0 Å². The molecule has 0 radical (unpaired) electrons. The fraction of sp³-hybridized carbons (Fsp3) is 0.200. The van der Waals surface area contributed by atoms with Gasteiger partial charge in [-0.05, 0) is 24.3 Å². The summed E-state index contributed by atoms with van der Waals surface area (Å²) in [5.74, 6) is -0.896. The highest BCUT2D eigenvalue weighted by Crippen LogP contribution is 2.09. The molecule has 0 aromatic heterocycles. The number of nitrogens with zero attached hydrogens (tertiary/aromatic N) is 1. The number of carbonyl (C=O) groups is 2. The summed E-state index contributed by atoms with van der Waals surface area (Å²) in [5.41, 5.74) is 0.309. The summed E-state index contributed by atoms with van der Waals surface area (Å²) in [6.45, 7) is 0. The molecule has 0 saturated carbocycles. The Bertz CT molecular complexity index is 322. The maximum atomic E-state index is 10.3. The number of benzene rings is 1. The third-order valence-electron chi connectivity index (χ3n) is 1.30. The maximum absolute atomic E-state index is 10.3. The second kappa shape index (κ2) is 7.00. The van der Waals surface area contributed by atoms with Crippen molar-refractivity contribution in [3.63, 3.8) is 0 Å². The number of amides is 1. The summed E-state index contributed by atoms with van der Waals surface area (Å²) >= 11 is 3.20. The van der Waals surface area contributed by atoms with Crippen molar-refractivity contribution in [2.24, 2.45) is 0 Å². The Morgan fingerprint density at radius 3 is 2.00 bits per heavy atom. The third kappa shape index (κ3) is 6.68. The molecule has 0 aliphatic rings. The number of hydrogen-bond acceptors (Lipinski definition) is 2. The molecule has 1 rings (SSSR count). The molecule has 0 fully saturated rings. The van der Waals surface area contributed by atoms with Crippen LogP contribution in [0, 0.1) is 0 Å². The number of rotatable bonds is 2. The lowest BCUT2D eigenvalue weighted by Gasteiger charge is -1.93. The van der Waals surface area contributed by atoms with E-state index in [1.165, 1.54) is 4.90 Å². The van der Waals surface area contributed by atoms with Gasteiger partial charge >= 0.3 is 5.97 Å². The van der Waals surface area contributed by atoms with Gasteiger partial charge in [-0.15, -0.1) is 0 Å². The zero-order chi connectivity index (χ0) is 11.8. The van der Waals surface area contributed by atoms with Crippen molar-refractivity contribution in [3.05, 3.63) is 34.3 Å². The third-order valence-corrected chi connectivity index (χ3v) is 1.83. The van der Waals surface area contributed by atoms with Gasteiger partial charge in [0, 0.05) is 18.6 Å². The lowest BCUT2D eigenvalue weighted by atomic mass is 10.2. The fourth-order valence-electron chi connectivity index (χ4n) is 0.592. The largest absolute Gasteiger partial charge is 0.478 e. The van der Waals surface area contributed by atoms with E-state index in [1.54, 1.807) is 38.4 Å². The number of aromatic carboxylic acids is 1. The van der Waals surface area contributed by atoms with E-state index in [9.17, 15) is 9.59 Å². The average molecular weight is 274 g/mol. The van der Waals surface area contributed by atoms with E-state index in [0.29, 0.717) is 5.56 Å². The molecule has 4 nitrogen and oxygen atoms in total. The van der Waals surface area contributed by atoms with Crippen LogP contribution >= 0.6 is 15.9 Å². The zero-order valence-electron chi connectivity index (χ0n) is 8.48. The van der Waals surface area contributed by atoms with Crippen LogP contribution in [0.25, 0.3) is 0 Å². The van der Waals surface area contributed by atoms with Gasteiger partial charge in [-0.3, -0.25) is 4.79 Å². The van der Waals surface area contributed by atoms with Gasteiger partial charge in [0.25, 0.3) is 0 Å². The highest BCUT2D eigenvalue weighted by molar-refractivity contribution is 9.10. The van der Waals surface area contributed by atoms with Crippen molar-refractivity contribution in [1.82, 2.24) is 4.90 Å². The number of carbonyl (C=O) groups excluding carboxylic acids is 1. The van der Waals surface area contributed by atoms with E-state index in [-0.39, 0.29) is 0 Å². The Labute approximate surface area is 96.6 Å². The van der Waals surface area contributed by atoms with Crippen molar-refractivity contribution in [1.29, 1.82) is 0 Å². The van der Waals surface area contributed by atoms with Crippen molar-refractivity contribution in [3.8, 4) is 0 Å². The summed E-state index contributed by atoms with van der Waals surface area (Å²) in [6, 6.07) is 6.49. The molecule has 1 N–H and O–H groups in total. The molecule has 0 heterocycles. The predicted octanol–water partition coefficient (Wildman–Crippen LogP) is 1.85. The van der Waals surface area contributed by atoms with Crippen molar-refractivity contribution < 1.29 is 14.7 Å². The Hall–Kier alpha value is -1.36. The van der Waals surface area contributed by atoms with Gasteiger partial charge in [-0.1, -0.05) is 15.9 Å². The quantitative estimate of drug-likeness (QED) is 0.837. The van der Waals surface area contributed by atoms with Gasteiger partial charge in [0.15, 0.2) is 0 Å². The van der Waals surface area contributed by atoms with E-state index in [0.717, 1.165) is 10.9 Å². The Morgan fingerprint density at radius 2 is 1.73 bits per heavy atom.